The van der Waals surface area contributed by atoms with E-state index in [9.17, 15) is 9.59 Å². The molecule has 136 valence electrons. The number of nitrogens with zero attached hydrogens (tertiary/aromatic N) is 1. The zero-order chi connectivity index (χ0) is 18.5. The summed E-state index contributed by atoms with van der Waals surface area (Å²) in [6.45, 7) is 3.79. The second-order valence-electron chi connectivity index (χ2n) is 7.65. The van der Waals surface area contributed by atoms with Gasteiger partial charge in [-0.15, -0.1) is 6.42 Å². The van der Waals surface area contributed by atoms with Crippen molar-refractivity contribution in [1.29, 1.82) is 0 Å². The minimum atomic E-state index is -1.52. The first-order valence-corrected chi connectivity index (χ1v) is 8.98. The molecule has 2 heterocycles. The third-order valence-corrected chi connectivity index (χ3v) is 5.66. The number of carbonyl (C=O) groups is 2. The normalized spacial score (nSPS) is 28.9. The number of piperazine rings is 1. The van der Waals surface area contributed by atoms with Gasteiger partial charge in [-0.3, -0.25) is 10.2 Å². The summed E-state index contributed by atoms with van der Waals surface area (Å²) < 4.78 is 11.2. The maximum atomic E-state index is 12.0. The molecule has 2 unspecified atom stereocenters. The molecule has 1 spiro atoms. The molecule has 1 saturated carbocycles. The Balaban J connectivity index is 1.86. The molecule has 1 aromatic rings. The fourth-order valence-electron chi connectivity index (χ4n) is 4.45. The molecule has 2 saturated heterocycles. The SMILES string of the molecule is C#Cc1ccc(N2C3CCCCC3NC(C)(C)C23OC(=O)C(=O)O3)cc1. The Morgan fingerprint density at radius 3 is 2.35 bits per heavy atom. The van der Waals surface area contributed by atoms with Crippen LogP contribution in [0.1, 0.15) is 45.1 Å². The van der Waals surface area contributed by atoms with Crippen LogP contribution in [0.15, 0.2) is 24.3 Å². The maximum Gasteiger partial charge on any atom is 0.422 e. The number of hydrogen-bond donors (Lipinski definition) is 1. The summed E-state index contributed by atoms with van der Waals surface area (Å²) in [4.78, 5) is 26.0. The third kappa shape index (κ3) is 2.31. The highest BCUT2D eigenvalue weighted by Gasteiger charge is 2.68. The van der Waals surface area contributed by atoms with Gasteiger partial charge in [0.05, 0.1) is 6.04 Å². The number of benzene rings is 1. The minimum absolute atomic E-state index is 0.0483. The van der Waals surface area contributed by atoms with E-state index in [1.807, 2.05) is 43.0 Å². The number of terminal acetylenes is 1. The summed E-state index contributed by atoms with van der Waals surface area (Å²) >= 11 is 0. The average molecular weight is 354 g/mol. The Kier molecular flexibility index (Phi) is 3.74. The Morgan fingerprint density at radius 1 is 1.12 bits per heavy atom. The second-order valence-corrected chi connectivity index (χ2v) is 7.65. The second kappa shape index (κ2) is 5.75. The van der Waals surface area contributed by atoms with E-state index >= 15 is 0 Å². The lowest BCUT2D eigenvalue weighted by molar-refractivity contribution is -0.225. The smallest absolute Gasteiger partial charge is 0.393 e. The monoisotopic (exact) mass is 354 g/mol. The number of anilines is 1. The zero-order valence-electron chi connectivity index (χ0n) is 15.0. The van der Waals surface area contributed by atoms with Gasteiger partial charge in [-0.25, -0.2) is 9.59 Å². The first kappa shape index (κ1) is 16.9. The molecule has 6 heteroatoms. The molecule has 1 N–H and O–H groups in total. The lowest BCUT2D eigenvalue weighted by Gasteiger charge is -2.59. The molecule has 2 atom stereocenters. The van der Waals surface area contributed by atoms with Crippen LogP contribution in [0, 0.1) is 12.3 Å². The quantitative estimate of drug-likeness (QED) is 0.472. The summed E-state index contributed by atoms with van der Waals surface area (Å²) in [7, 11) is 0. The molecule has 26 heavy (non-hydrogen) atoms. The number of carbonyl (C=O) groups excluding carboxylic acids is 2. The number of nitrogens with one attached hydrogen (secondary N) is 1. The first-order valence-electron chi connectivity index (χ1n) is 8.98. The average Bonchev–Trinajstić information content (AvgIpc) is 2.92. The first-order chi connectivity index (χ1) is 12.4. The molecule has 4 rings (SSSR count). The van der Waals surface area contributed by atoms with Gasteiger partial charge in [0.25, 0.3) is 0 Å². The highest BCUT2D eigenvalue weighted by Crippen LogP contribution is 2.46. The maximum absolute atomic E-state index is 12.0. The van der Waals surface area contributed by atoms with Crippen LogP contribution in [-0.4, -0.2) is 35.5 Å². The van der Waals surface area contributed by atoms with E-state index < -0.39 is 23.4 Å². The highest BCUT2D eigenvalue weighted by molar-refractivity contribution is 6.31. The number of esters is 2. The number of ether oxygens (including phenoxy) is 2. The molecule has 2 aliphatic heterocycles. The fraction of sp³-hybridized carbons (Fsp3) is 0.500. The van der Waals surface area contributed by atoms with Crippen molar-refractivity contribution >= 4 is 17.6 Å². The topological polar surface area (TPSA) is 67.9 Å². The molecule has 1 aromatic carbocycles. The van der Waals surface area contributed by atoms with Gasteiger partial charge in [-0.05, 0) is 51.0 Å². The van der Waals surface area contributed by atoms with Crippen LogP contribution >= 0.6 is 0 Å². The van der Waals surface area contributed by atoms with Crippen LogP contribution in [0.2, 0.25) is 0 Å². The van der Waals surface area contributed by atoms with E-state index in [0.29, 0.717) is 0 Å². The highest BCUT2D eigenvalue weighted by atomic mass is 16.8. The molecular weight excluding hydrogens is 332 g/mol. The van der Waals surface area contributed by atoms with Crippen molar-refractivity contribution in [3.63, 3.8) is 0 Å². The predicted molar refractivity (Wildman–Crippen MR) is 95.0 cm³/mol. The van der Waals surface area contributed by atoms with Gasteiger partial charge in [0.15, 0.2) is 0 Å². The largest absolute Gasteiger partial charge is 0.422 e. The van der Waals surface area contributed by atoms with Gasteiger partial charge in [-0.2, -0.15) is 0 Å². The van der Waals surface area contributed by atoms with Crippen LogP contribution in [0.3, 0.4) is 0 Å². The van der Waals surface area contributed by atoms with Crippen molar-refractivity contribution in [2.24, 2.45) is 0 Å². The van der Waals surface area contributed by atoms with Crippen molar-refractivity contribution in [2.75, 3.05) is 4.90 Å². The van der Waals surface area contributed by atoms with Crippen molar-refractivity contribution in [3.8, 4) is 12.3 Å². The van der Waals surface area contributed by atoms with E-state index in [-0.39, 0.29) is 12.1 Å². The number of fused-ring (bicyclic) bond motifs is 1. The third-order valence-electron chi connectivity index (χ3n) is 5.66. The standard InChI is InChI=1S/C20H22N2O4/c1-4-13-9-11-14(12-10-13)22-16-8-6-5-7-15(16)21-19(2,3)20(22)25-17(23)18(24)26-20/h1,9-12,15-16,21H,5-8H2,2-3H3. The van der Waals surface area contributed by atoms with Crippen molar-refractivity contribution < 1.29 is 19.1 Å². The van der Waals surface area contributed by atoms with Gasteiger partial charge in [0.2, 0.25) is 0 Å². The van der Waals surface area contributed by atoms with Crippen LogP contribution in [0.5, 0.6) is 0 Å². The van der Waals surface area contributed by atoms with E-state index in [0.717, 1.165) is 36.9 Å². The molecule has 0 aromatic heterocycles. The minimum Gasteiger partial charge on any atom is -0.393 e. The summed E-state index contributed by atoms with van der Waals surface area (Å²) in [5.74, 6) is -0.831. The molecule has 0 radical (unpaired) electrons. The molecule has 0 amide bonds. The predicted octanol–water partition coefficient (Wildman–Crippen LogP) is 1.92. The molecule has 3 fully saturated rings. The van der Waals surface area contributed by atoms with E-state index in [1.54, 1.807) is 0 Å². The Labute approximate surface area is 152 Å². The van der Waals surface area contributed by atoms with Crippen LogP contribution in [0.4, 0.5) is 5.69 Å². The number of rotatable bonds is 1. The van der Waals surface area contributed by atoms with E-state index in [1.165, 1.54) is 0 Å². The van der Waals surface area contributed by atoms with Crippen LogP contribution < -0.4 is 10.2 Å². The summed E-state index contributed by atoms with van der Waals surface area (Å²) in [6, 6.07) is 7.73. The van der Waals surface area contributed by atoms with Gasteiger partial charge < -0.3 is 9.47 Å². The Bertz CT molecular complexity index is 777. The van der Waals surface area contributed by atoms with Crippen LogP contribution in [0.25, 0.3) is 0 Å². The zero-order valence-corrected chi connectivity index (χ0v) is 15.0. The molecule has 3 aliphatic rings. The molecule has 6 nitrogen and oxygen atoms in total. The van der Waals surface area contributed by atoms with Crippen LogP contribution in [-0.2, 0) is 19.1 Å². The van der Waals surface area contributed by atoms with Gasteiger partial charge in [-0.1, -0.05) is 18.8 Å². The fourth-order valence-corrected chi connectivity index (χ4v) is 4.45. The lowest BCUT2D eigenvalue weighted by Crippen LogP contribution is -2.80. The van der Waals surface area contributed by atoms with Gasteiger partial charge in [0, 0.05) is 17.3 Å². The lowest BCUT2D eigenvalue weighted by atomic mass is 9.80. The molecular formula is C20H22N2O4. The van der Waals surface area contributed by atoms with Crippen molar-refractivity contribution in [1.82, 2.24) is 5.32 Å². The molecule has 0 bridgehead atoms. The molecule has 1 aliphatic carbocycles. The van der Waals surface area contributed by atoms with Gasteiger partial charge in [0.1, 0.15) is 5.54 Å². The van der Waals surface area contributed by atoms with Crippen molar-refractivity contribution in [2.45, 2.75) is 63.1 Å². The summed E-state index contributed by atoms with van der Waals surface area (Å²) in [5.41, 5.74) is 0.800. The summed E-state index contributed by atoms with van der Waals surface area (Å²) in [6.07, 6.45) is 9.61. The van der Waals surface area contributed by atoms with Gasteiger partial charge >= 0.3 is 17.8 Å². The Hall–Kier alpha value is -2.52. The Morgan fingerprint density at radius 2 is 1.73 bits per heavy atom. The van der Waals surface area contributed by atoms with Crippen molar-refractivity contribution in [3.05, 3.63) is 29.8 Å². The summed E-state index contributed by atoms with van der Waals surface area (Å²) in [5, 5.41) is 3.56. The van der Waals surface area contributed by atoms with E-state index in [2.05, 4.69) is 11.2 Å². The van der Waals surface area contributed by atoms with E-state index in [4.69, 9.17) is 15.9 Å². The number of hydrogen-bond acceptors (Lipinski definition) is 6.